The number of likely N-dealkylation sites (N-methyl/N-ethyl adjacent to an activating group) is 1. The molecule has 0 aliphatic carbocycles. The Morgan fingerprint density at radius 2 is 2.25 bits per heavy atom. The average molecular weight is 220 g/mol. The monoisotopic (exact) mass is 220 g/mol. The fourth-order valence-corrected chi connectivity index (χ4v) is 1.76. The van der Waals surface area contributed by atoms with E-state index < -0.39 is 0 Å². The summed E-state index contributed by atoms with van der Waals surface area (Å²) in [6.07, 6.45) is 5.45. The van der Waals surface area contributed by atoms with Gasteiger partial charge in [-0.25, -0.2) is 0 Å². The summed E-state index contributed by atoms with van der Waals surface area (Å²) in [6, 6.07) is 0.446. The van der Waals surface area contributed by atoms with E-state index in [9.17, 15) is 0 Å². The van der Waals surface area contributed by atoms with Crippen LogP contribution in [0.5, 0.6) is 0 Å². The molecule has 86 valence electrons. The molecule has 0 saturated heterocycles. The number of fused-ring (bicyclic) bond motifs is 1. The van der Waals surface area contributed by atoms with Crippen molar-refractivity contribution in [1.29, 1.82) is 0 Å². The first kappa shape index (κ1) is 10.9. The molecule has 2 heterocycles. The van der Waals surface area contributed by atoms with E-state index in [1.165, 1.54) is 0 Å². The second-order valence-corrected chi connectivity index (χ2v) is 3.71. The summed E-state index contributed by atoms with van der Waals surface area (Å²) < 4.78 is 1.74. The molecule has 1 unspecified atom stereocenters. The third-order valence-electron chi connectivity index (χ3n) is 2.62. The van der Waals surface area contributed by atoms with Crippen molar-refractivity contribution in [1.82, 2.24) is 30.3 Å². The second kappa shape index (κ2) is 4.98. The van der Waals surface area contributed by atoms with Gasteiger partial charge in [0.2, 0.25) is 0 Å². The summed E-state index contributed by atoms with van der Waals surface area (Å²) in [5.74, 6) is 0. The Morgan fingerprint density at radius 3 is 3.00 bits per heavy atom. The molecule has 0 aromatic carbocycles. The lowest BCUT2D eigenvalue weighted by Gasteiger charge is -2.15. The maximum absolute atomic E-state index is 4.14. The van der Waals surface area contributed by atoms with Crippen LogP contribution in [0.15, 0.2) is 12.4 Å². The quantitative estimate of drug-likeness (QED) is 0.792. The Bertz CT molecular complexity index is 451. The van der Waals surface area contributed by atoms with Crippen molar-refractivity contribution in [2.45, 2.75) is 32.7 Å². The lowest BCUT2D eigenvalue weighted by Crippen LogP contribution is -2.31. The Balaban J connectivity index is 2.22. The van der Waals surface area contributed by atoms with Crippen LogP contribution in [0.1, 0.15) is 26.0 Å². The Morgan fingerprint density at radius 1 is 1.38 bits per heavy atom. The van der Waals surface area contributed by atoms with Crippen LogP contribution in [0.3, 0.4) is 0 Å². The minimum absolute atomic E-state index is 0.446. The smallest absolute Gasteiger partial charge is 0.197 e. The van der Waals surface area contributed by atoms with Gasteiger partial charge in [-0.05, 0) is 23.4 Å². The summed E-state index contributed by atoms with van der Waals surface area (Å²) in [5.41, 5.74) is 1.74. The van der Waals surface area contributed by atoms with Gasteiger partial charge >= 0.3 is 0 Å². The number of hydrogen-bond donors (Lipinski definition) is 1. The van der Waals surface area contributed by atoms with Crippen LogP contribution in [0.25, 0.3) is 5.65 Å². The first-order chi connectivity index (χ1) is 7.85. The van der Waals surface area contributed by atoms with Gasteiger partial charge in [-0.15, -0.1) is 5.10 Å². The maximum Gasteiger partial charge on any atom is 0.197 e. The van der Waals surface area contributed by atoms with Crippen molar-refractivity contribution in [3.63, 3.8) is 0 Å². The second-order valence-electron chi connectivity index (χ2n) is 3.71. The molecule has 1 N–H and O–H groups in total. The molecule has 2 rings (SSSR count). The zero-order chi connectivity index (χ0) is 11.4. The standard InChI is InChI=1S/C10H16N6/c1-3-8(12-4-2)5-9-6-11-7-10-13-14-15-16(9)10/h6-8,12H,3-5H2,1-2H3. The molecule has 0 saturated carbocycles. The van der Waals surface area contributed by atoms with Crippen LogP contribution in [0, 0.1) is 0 Å². The summed E-state index contributed by atoms with van der Waals surface area (Å²) >= 11 is 0. The molecule has 0 aliphatic rings. The van der Waals surface area contributed by atoms with Gasteiger partial charge in [0.15, 0.2) is 5.65 Å². The van der Waals surface area contributed by atoms with Gasteiger partial charge in [0.1, 0.15) is 0 Å². The van der Waals surface area contributed by atoms with Gasteiger partial charge in [0, 0.05) is 18.7 Å². The van der Waals surface area contributed by atoms with E-state index in [0.717, 1.165) is 25.1 Å². The minimum Gasteiger partial charge on any atom is -0.314 e. The van der Waals surface area contributed by atoms with E-state index in [4.69, 9.17) is 0 Å². The highest BCUT2D eigenvalue weighted by atomic mass is 15.5. The Labute approximate surface area is 94.1 Å². The number of tetrazole rings is 1. The van der Waals surface area contributed by atoms with Crippen molar-refractivity contribution >= 4 is 5.65 Å². The van der Waals surface area contributed by atoms with E-state index in [1.54, 1.807) is 10.7 Å². The molecule has 16 heavy (non-hydrogen) atoms. The van der Waals surface area contributed by atoms with Crippen LogP contribution in [-0.2, 0) is 6.42 Å². The summed E-state index contributed by atoms with van der Waals surface area (Å²) in [4.78, 5) is 4.14. The number of aromatic nitrogens is 5. The summed E-state index contributed by atoms with van der Waals surface area (Å²) in [6.45, 7) is 5.25. The van der Waals surface area contributed by atoms with Crippen LogP contribution in [-0.4, -0.2) is 37.6 Å². The summed E-state index contributed by atoms with van der Waals surface area (Å²) in [5, 5.41) is 14.9. The van der Waals surface area contributed by atoms with Crippen molar-refractivity contribution in [2.75, 3.05) is 6.54 Å². The predicted molar refractivity (Wildman–Crippen MR) is 60.0 cm³/mol. The van der Waals surface area contributed by atoms with Crippen molar-refractivity contribution in [3.05, 3.63) is 18.1 Å². The molecule has 1 atom stereocenters. The minimum atomic E-state index is 0.446. The number of nitrogens with one attached hydrogen (secondary N) is 1. The van der Waals surface area contributed by atoms with Gasteiger partial charge in [-0.2, -0.15) is 4.52 Å². The van der Waals surface area contributed by atoms with Crippen molar-refractivity contribution < 1.29 is 0 Å². The third kappa shape index (κ3) is 2.16. The SMILES string of the molecule is CCNC(CC)Cc1cncc2nnnn12. The molecular weight excluding hydrogens is 204 g/mol. The molecule has 0 spiro atoms. The third-order valence-corrected chi connectivity index (χ3v) is 2.62. The molecular formula is C10H16N6. The van der Waals surface area contributed by atoms with Gasteiger partial charge in [0.25, 0.3) is 0 Å². The first-order valence-corrected chi connectivity index (χ1v) is 5.59. The number of hydrogen-bond acceptors (Lipinski definition) is 5. The maximum atomic E-state index is 4.14. The van der Waals surface area contributed by atoms with Gasteiger partial charge in [-0.3, -0.25) is 4.98 Å². The molecule has 6 nitrogen and oxygen atoms in total. The van der Waals surface area contributed by atoms with E-state index in [0.29, 0.717) is 11.7 Å². The Hall–Kier alpha value is -1.56. The number of nitrogens with zero attached hydrogens (tertiary/aromatic N) is 5. The Kier molecular flexibility index (Phi) is 3.40. The molecule has 0 radical (unpaired) electrons. The first-order valence-electron chi connectivity index (χ1n) is 5.59. The van der Waals surface area contributed by atoms with E-state index in [2.05, 4.69) is 39.7 Å². The van der Waals surface area contributed by atoms with Crippen LogP contribution < -0.4 is 5.32 Å². The highest BCUT2D eigenvalue weighted by Crippen LogP contribution is 2.05. The lowest BCUT2D eigenvalue weighted by atomic mass is 10.1. The van der Waals surface area contributed by atoms with Crippen molar-refractivity contribution in [2.24, 2.45) is 0 Å². The largest absolute Gasteiger partial charge is 0.314 e. The fraction of sp³-hybridized carbons (Fsp3) is 0.600. The normalized spacial score (nSPS) is 13.1. The van der Waals surface area contributed by atoms with Crippen LogP contribution in [0.4, 0.5) is 0 Å². The topological polar surface area (TPSA) is 68.0 Å². The fourth-order valence-electron chi connectivity index (χ4n) is 1.76. The molecule has 0 fully saturated rings. The van der Waals surface area contributed by atoms with Gasteiger partial charge in [-0.1, -0.05) is 13.8 Å². The van der Waals surface area contributed by atoms with E-state index in [-0.39, 0.29) is 0 Å². The van der Waals surface area contributed by atoms with Crippen LogP contribution in [0.2, 0.25) is 0 Å². The van der Waals surface area contributed by atoms with E-state index >= 15 is 0 Å². The predicted octanol–water partition coefficient (Wildman–Crippen LogP) is 0.450. The zero-order valence-electron chi connectivity index (χ0n) is 9.59. The average Bonchev–Trinajstić information content (AvgIpc) is 2.77. The highest BCUT2D eigenvalue weighted by Gasteiger charge is 2.10. The zero-order valence-corrected chi connectivity index (χ0v) is 9.59. The molecule has 0 bridgehead atoms. The number of rotatable bonds is 5. The van der Waals surface area contributed by atoms with E-state index in [1.807, 2.05) is 6.20 Å². The molecule has 0 amide bonds. The van der Waals surface area contributed by atoms with Gasteiger partial charge in [0.05, 0.1) is 11.9 Å². The molecule has 2 aromatic heterocycles. The molecule has 2 aromatic rings. The van der Waals surface area contributed by atoms with Gasteiger partial charge < -0.3 is 5.32 Å². The molecule has 6 heteroatoms. The highest BCUT2D eigenvalue weighted by molar-refractivity contribution is 5.32. The van der Waals surface area contributed by atoms with Crippen molar-refractivity contribution in [3.8, 4) is 0 Å². The summed E-state index contributed by atoms with van der Waals surface area (Å²) in [7, 11) is 0. The lowest BCUT2D eigenvalue weighted by molar-refractivity contribution is 0.499. The van der Waals surface area contributed by atoms with Crippen LogP contribution >= 0.6 is 0 Å². The molecule has 0 aliphatic heterocycles.